The molecule has 0 saturated heterocycles. The van der Waals surface area contributed by atoms with Gasteiger partial charge in [-0.15, -0.1) is 0 Å². The summed E-state index contributed by atoms with van der Waals surface area (Å²) >= 11 is 6.37. The molecule has 0 aliphatic carbocycles. The van der Waals surface area contributed by atoms with Crippen LogP contribution in [0.1, 0.15) is 67.9 Å². The smallest absolute Gasteiger partial charge is 0.857 e. The van der Waals surface area contributed by atoms with Gasteiger partial charge in [0.15, 0.2) is 5.75 Å². The van der Waals surface area contributed by atoms with Crippen molar-refractivity contribution in [1.29, 1.82) is 0 Å². The zero-order chi connectivity index (χ0) is 31.3. The molecular formula is C25H35Br2N2NaO9. The zero-order valence-electron chi connectivity index (χ0n) is 24.9. The first-order valence-corrected chi connectivity index (χ1v) is 12.5. The Labute approximate surface area is 269 Å². The van der Waals surface area contributed by atoms with Gasteiger partial charge in [-0.1, -0.05) is 55.4 Å². The number of benzene rings is 2. The maximum Gasteiger partial charge on any atom is 1.00 e. The number of carbonyl (C=O) groups excluding carboxylic acids is 1. The van der Waals surface area contributed by atoms with Gasteiger partial charge in [-0.2, -0.15) is 7.11 Å². The molecule has 14 heteroatoms. The third-order valence-electron chi connectivity index (χ3n) is 4.48. The SMILES string of the molecule is CC(C)(C)c1cc(Br)c(O)cc1[N+](=O)[O-].COC(=O)Oc1cc([N+](=O)[O-])c(C(C)(C)C)cc1Br.C[O-].[2H]CC.[Na+]. The second kappa shape index (κ2) is 18.6. The molecule has 39 heavy (non-hydrogen) atoms. The van der Waals surface area contributed by atoms with E-state index >= 15 is 0 Å². The summed E-state index contributed by atoms with van der Waals surface area (Å²) in [5, 5.41) is 39.6. The first-order valence-electron chi connectivity index (χ1n) is 11.6. The van der Waals surface area contributed by atoms with Crippen LogP contribution in [-0.4, -0.2) is 35.3 Å². The monoisotopic (exact) mass is 689 g/mol. The number of carbonyl (C=O) groups is 1. The maximum absolute atomic E-state index is 11.1. The number of nitrogens with zero attached hydrogens (tertiary/aromatic N) is 2. The molecule has 0 aliphatic rings. The van der Waals surface area contributed by atoms with Crippen molar-refractivity contribution in [2.75, 3.05) is 14.2 Å². The van der Waals surface area contributed by atoms with E-state index in [9.17, 15) is 30.1 Å². The van der Waals surface area contributed by atoms with E-state index in [1.807, 2.05) is 41.5 Å². The fourth-order valence-electron chi connectivity index (χ4n) is 2.81. The number of aromatic hydroxyl groups is 1. The van der Waals surface area contributed by atoms with Crippen LogP contribution in [0.15, 0.2) is 33.2 Å². The van der Waals surface area contributed by atoms with Gasteiger partial charge in [-0.25, -0.2) is 4.79 Å². The van der Waals surface area contributed by atoms with Gasteiger partial charge in [0.1, 0.15) is 5.75 Å². The summed E-state index contributed by atoms with van der Waals surface area (Å²) in [5.41, 5.74) is 0.240. The summed E-state index contributed by atoms with van der Waals surface area (Å²) in [5.74, 6) is -0.0683. The first-order chi connectivity index (χ1) is 17.8. The summed E-state index contributed by atoms with van der Waals surface area (Å²) in [7, 11) is 1.91. The van der Waals surface area contributed by atoms with E-state index in [4.69, 9.17) is 11.2 Å². The van der Waals surface area contributed by atoms with Crippen molar-refractivity contribution in [3.63, 3.8) is 0 Å². The average Bonchev–Trinajstić information content (AvgIpc) is 2.82. The Hall–Kier alpha value is -1.77. The standard InChI is InChI=1S/C12H14BrNO5.C10H12BrNO3.C2H6.CH3O.Na/c1-12(2,3)7-5-8(13)10(19-11(15)18-4)6-9(7)14(16)17;1-10(2,3)6-4-7(11)9(13)5-8(6)12(14)15;2*1-2;/h5-6H,1-4H3;4-5,13H,1-3H3;1-2H3;1H3;/q;;;-1;+1/i;;1D;;. The van der Waals surface area contributed by atoms with E-state index in [0.717, 1.165) is 14.2 Å². The molecule has 0 fully saturated rings. The number of methoxy groups -OCH3 is 1. The van der Waals surface area contributed by atoms with Gasteiger partial charge in [0, 0.05) is 12.5 Å². The Kier molecular flexibility index (Phi) is 18.7. The van der Waals surface area contributed by atoms with Gasteiger partial charge in [0.05, 0.1) is 38.0 Å². The number of nitro groups is 2. The quantitative estimate of drug-likeness (QED) is 0.164. The minimum absolute atomic E-state index is 0. The van der Waals surface area contributed by atoms with Crippen molar-refractivity contribution in [2.24, 2.45) is 0 Å². The van der Waals surface area contributed by atoms with Crippen LogP contribution in [0.5, 0.6) is 11.5 Å². The Balaban J connectivity index is -0.000000586. The second-order valence-electron chi connectivity index (χ2n) is 9.19. The largest absolute Gasteiger partial charge is 1.00 e. The van der Waals surface area contributed by atoms with E-state index < -0.39 is 21.4 Å². The number of ether oxygens (including phenoxy) is 2. The number of hydrogen-bond donors (Lipinski definition) is 1. The molecule has 0 radical (unpaired) electrons. The van der Waals surface area contributed by atoms with Gasteiger partial charge in [0.25, 0.3) is 11.4 Å². The van der Waals surface area contributed by atoms with Crippen LogP contribution in [0.2, 0.25) is 0 Å². The van der Waals surface area contributed by atoms with Crippen LogP contribution in [0.25, 0.3) is 0 Å². The minimum atomic E-state index is -0.932. The third kappa shape index (κ3) is 13.4. The van der Waals surface area contributed by atoms with Crippen molar-refractivity contribution < 1.29 is 65.3 Å². The summed E-state index contributed by atoms with van der Waals surface area (Å²) in [6, 6.07) is 5.55. The molecule has 0 aromatic heterocycles. The number of hydrogen-bond acceptors (Lipinski definition) is 9. The Morgan fingerprint density at radius 1 is 0.897 bits per heavy atom. The fourth-order valence-corrected chi connectivity index (χ4v) is 3.57. The Morgan fingerprint density at radius 3 is 1.59 bits per heavy atom. The first kappa shape index (κ1) is 39.4. The topological polar surface area (TPSA) is 165 Å². The number of phenolic OH excluding ortho intramolecular Hbond substituents is 1. The second-order valence-corrected chi connectivity index (χ2v) is 10.9. The number of phenols is 1. The maximum atomic E-state index is 11.1. The molecule has 2 aromatic rings. The van der Waals surface area contributed by atoms with E-state index in [0.29, 0.717) is 27.0 Å². The van der Waals surface area contributed by atoms with Crippen LogP contribution in [-0.2, 0) is 15.6 Å². The van der Waals surface area contributed by atoms with Crippen LogP contribution < -0.4 is 39.4 Å². The summed E-state index contributed by atoms with van der Waals surface area (Å²) in [4.78, 5) is 32.0. The third-order valence-corrected chi connectivity index (χ3v) is 5.74. The van der Waals surface area contributed by atoms with E-state index in [2.05, 4.69) is 36.6 Å². The van der Waals surface area contributed by atoms with Gasteiger partial charge in [-0.3, -0.25) is 20.2 Å². The molecule has 0 bridgehead atoms. The molecule has 0 aliphatic heterocycles. The Morgan fingerprint density at radius 2 is 1.26 bits per heavy atom. The number of rotatable bonds is 3. The van der Waals surface area contributed by atoms with Gasteiger partial charge in [-0.05, 0) is 54.8 Å². The van der Waals surface area contributed by atoms with Crippen molar-refractivity contribution in [2.45, 2.75) is 66.2 Å². The molecule has 2 aromatic carbocycles. The van der Waals surface area contributed by atoms with Crippen LogP contribution in [0, 0.1) is 20.2 Å². The number of halogens is 2. The average molecular weight is 691 g/mol. The normalized spacial score (nSPS) is 10.4. The molecule has 0 atom stereocenters. The molecule has 0 amide bonds. The summed E-state index contributed by atoms with van der Waals surface area (Å²) in [6.45, 7) is 13.5. The summed E-state index contributed by atoms with van der Waals surface area (Å²) in [6.07, 6.45) is -0.932. The van der Waals surface area contributed by atoms with Crippen molar-refractivity contribution in [1.82, 2.24) is 0 Å². The van der Waals surface area contributed by atoms with Crippen molar-refractivity contribution >= 4 is 49.4 Å². The predicted molar refractivity (Wildman–Crippen MR) is 151 cm³/mol. The predicted octanol–water partition coefficient (Wildman–Crippen LogP) is 4.17. The molecule has 0 saturated carbocycles. The molecule has 1 N–H and O–H groups in total. The van der Waals surface area contributed by atoms with Crippen molar-refractivity contribution in [3.8, 4) is 11.5 Å². The molecule has 0 spiro atoms. The molecule has 214 valence electrons. The Bertz CT molecular complexity index is 1140. The van der Waals surface area contributed by atoms with Crippen LogP contribution >= 0.6 is 31.9 Å². The summed E-state index contributed by atoms with van der Waals surface area (Å²) < 4.78 is 16.3. The van der Waals surface area contributed by atoms with Gasteiger partial charge >= 0.3 is 35.7 Å². The van der Waals surface area contributed by atoms with Crippen LogP contribution in [0.4, 0.5) is 16.2 Å². The minimum Gasteiger partial charge on any atom is -0.857 e. The number of nitro benzene ring substituents is 2. The molecule has 0 unspecified atom stereocenters. The molecule has 2 rings (SSSR count). The van der Waals surface area contributed by atoms with E-state index in [1.54, 1.807) is 19.1 Å². The van der Waals surface area contributed by atoms with Crippen molar-refractivity contribution in [3.05, 3.63) is 64.6 Å². The van der Waals surface area contributed by atoms with Gasteiger partial charge in [0.2, 0.25) is 0 Å². The van der Waals surface area contributed by atoms with E-state index in [-0.39, 0.29) is 57.8 Å². The van der Waals surface area contributed by atoms with E-state index in [1.165, 1.54) is 12.1 Å². The molecular weight excluding hydrogens is 655 g/mol. The molecule has 0 heterocycles. The van der Waals surface area contributed by atoms with Gasteiger partial charge < -0.3 is 19.7 Å². The molecule has 11 nitrogen and oxygen atoms in total. The zero-order valence-corrected chi connectivity index (χ0v) is 29.1. The van der Waals surface area contributed by atoms with Crippen LogP contribution in [0.3, 0.4) is 0 Å². The fraction of sp³-hybridized carbons (Fsp3) is 0.480.